The molecule has 0 aliphatic heterocycles. The van der Waals surface area contributed by atoms with Crippen LogP contribution in [0.4, 0.5) is 0 Å². The second-order valence-corrected chi connectivity index (χ2v) is 8.62. The number of nitrogens with zero attached hydrogens (tertiary/aromatic N) is 1. The van der Waals surface area contributed by atoms with Crippen LogP contribution >= 0.6 is 11.3 Å². The number of carbonyl (C=O) groups excluding carboxylic acids is 1. The van der Waals surface area contributed by atoms with Crippen LogP contribution < -0.4 is 0 Å². The van der Waals surface area contributed by atoms with Crippen molar-refractivity contribution in [1.82, 2.24) is 4.90 Å². The van der Waals surface area contributed by atoms with Crippen molar-refractivity contribution in [2.24, 2.45) is 5.92 Å². The Morgan fingerprint density at radius 3 is 2.38 bits per heavy atom. The lowest BCUT2D eigenvalue weighted by Gasteiger charge is -2.18. The molecule has 1 atom stereocenters. The van der Waals surface area contributed by atoms with E-state index in [2.05, 4.69) is 0 Å². The van der Waals surface area contributed by atoms with E-state index in [1.54, 1.807) is 18.2 Å². The van der Waals surface area contributed by atoms with Gasteiger partial charge in [-0.25, -0.2) is 8.42 Å². The van der Waals surface area contributed by atoms with Crippen molar-refractivity contribution in [3.05, 3.63) is 47.3 Å². The van der Waals surface area contributed by atoms with Crippen LogP contribution in [0.2, 0.25) is 0 Å². The summed E-state index contributed by atoms with van der Waals surface area (Å²) in [5, 5.41) is 8.91. The van der Waals surface area contributed by atoms with Crippen LogP contribution in [0.1, 0.15) is 16.6 Å². The Hall–Kier alpha value is -2.19. The van der Waals surface area contributed by atoms with Crippen molar-refractivity contribution in [2.45, 2.75) is 16.0 Å². The molecule has 24 heavy (non-hydrogen) atoms. The van der Waals surface area contributed by atoms with Crippen LogP contribution in [0.3, 0.4) is 0 Å². The SMILES string of the molecule is CC(CN(C)C(=O)c1ccc(S(=O)(=O)c2ccccc2)s1)C(=O)O. The molecule has 0 bridgehead atoms. The van der Waals surface area contributed by atoms with Crippen molar-refractivity contribution in [3.63, 3.8) is 0 Å². The molecule has 0 fully saturated rings. The van der Waals surface area contributed by atoms with Gasteiger partial charge in [-0.15, -0.1) is 11.3 Å². The minimum absolute atomic E-state index is 0.0484. The number of sulfone groups is 1. The quantitative estimate of drug-likeness (QED) is 0.846. The predicted molar refractivity (Wildman–Crippen MR) is 90.0 cm³/mol. The van der Waals surface area contributed by atoms with E-state index in [0.717, 1.165) is 11.3 Å². The molecule has 6 nitrogen and oxygen atoms in total. The first-order valence-electron chi connectivity index (χ1n) is 7.11. The maximum Gasteiger partial charge on any atom is 0.308 e. The number of amides is 1. The van der Waals surface area contributed by atoms with Gasteiger partial charge in [0, 0.05) is 13.6 Å². The Labute approximate surface area is 144 Å². The second-order valence-electron chi connectivity index (χ2n) is 5.36. The Balaban J connectivity index is 2.21. The molecule has 2 rings (SSSR count). The van der Waals surface area contributed by atoms with E-state index < -0.39 is 27.6 Å². The number of thiophene rings is 1. The molecule has 1 aromatic carbocycles. The Bertz CT molecular complexity index is 842. The number of carboxylic acid groups (broad SMARTS) is 1. The fraction of sp³-hybridized carbons (Fsp3) is 0.250. The summed E-state index contributed by atoms with van der Waals surface area (Å²) in [6.45, 7) is 1.55. The summed E-state index contributed by atoms with van der Waals surface area (Å²) in [6.07, 6.45) is 0. The van der Waals surface area contributed by atoms with Crippen molar-refractivity contribution in [3.8, 4) is 0 Å². The van der Waals surface area contributed by atoms with Crippen molar-refractivity contribution < 1.29 is 23.1 Å². The van der Waals surface area contributed by atoms with Crippen LogP contribution in [-0.2, 0) is 14.6 Å². The maximum absolute atomic E-state index is 12.5. The van der Waals surface area contributed by atoms with E-state index in [9.17, 15) is 18.0 Å². The van der Waals surface area contributed by atoms with Gasteiger partial charge in [0.05, 0.1) is 15.7 Å². The molecule has 128 valence electrons. The minimum Gasteiger partial charge on any atom is -0.481 e. The van der Waals surface area contributed by atoms with Gasteiger partial charge in [0.1, 0.15) is 4.21 Å². The fourth-order valence-corrected chi connectivity index (χ4v) is 4.78. The van der Waals surface area contributed by atoms with E-state index in [-0.39, 0.29) is 20.5 Å². The number of benzene rings is 1. The molecular weight excluding hydrogens is 350 g/mol. The van der Waals surface area contributed by atoms with Crippen LogP contribution in [0.25, 0.3) is 0 Å². The summed E-state index contributed by atoms with van der Waals surface area (Å²) in [4.78, 5) is 24.9. The normalized spacial score (nSPS) is 12.6. The summed E-state index contributed by atoms with van der Waals surface area (Å²) >= 11 is 0.880. The number of hydrogen-bond donors (Lipinski definition) is 1. The summed E-state index contributed by atoms with van der Waals surface area (Å²) in [7, 11) is -2.17. The fourth-order valence-electron chi connectivity index (χ4n) is 2.06. The van der Waals surface area contributed by atoms with Gasteiger partial charge in [0.15, 0.2) is 0 Å². The average molecular weight is 367 g/mol. The highest BCUT2D eigenvalue weighted by atomic mass is 32.2. The zero-order valence-corrected chi connectivity index (χ0v) is 14.8. The predicted octanol–water partition coefficient (Wildman–Crippen LogP) is 2.37. The van der Waals surface area contributed by atoms with Gasteiger partial charge in [-0.1, -0.05) is 25.1 Å². The lowest BCUT2D eigenvalue weighted by atomic mass is 10.2. The van der Waals surface area contributed by atoms with Gasteiger partial charge in [0.25, 0.3) is 5.91 Å². The molecule has 0 spiro atoms. The number of aliphatic carboxylic acids is 1. The van der Waals surface area contributed by atoms with Crippen LogP contribution in [0, 0.1) is 5.92 Å². The Morgan fingerprint density at radius 2 is 1.79 bits per heavy atom. The Kier molecular flexibility index (Phi) is 5.40. The molecular formula is C16H17NO5S2. The van der Waals surface area contributed by atoms with Gasteiger partial charge < -0.3 is 10.0 Å². The van der Waals surface area contributed by atoms with Crippen molar-refractivity contribution >= 4 is 33.1 Å². The number of hydrogen-bond acceptors (Lipinski definition) is 5. The van der Waals surface area contributed by atoms with E-state index >= 15 is 0 Å². The first-order valence-corrected chi connectivity index (χ1v) is 9.41. The first-order chi connectivity index (χ1) is 11.2. The van der Waals surface area contributed by atoms with Gasteiger partial charge in [0.2, 0.25) is 9.84 Å². The van der Waals surface area contributed by atoms with E-state index in [0.29, 0.717) is 0 Å². The molecule has 1 N–H and O–H groups in total. The molecule has 1 heterocycles. The summed E-state index contributed by atoms with van der Waals surface area (Å²) < 4.78 is 25.1. The summed E-state index contributed by atoms with van der Waals surface area (Å²) in [5.41, 5.74) is 0. The Morgan fingerprint density at radius 1 is 1.17 bits per heavy atom. The van der Waals surface area contributed by atoms with Crippen molar-refractivity contribution in [1.29, 1.82) is 0 Å². The van der Waals surface area contributed by atoms with Gasteiger partial charge in [-0.2, -0.15) is 0 Å². The molecule has 0 radical (unpaired) electrons. The standard InChI is InChI=1S/C16H17NO5S2/c1-11(16(19)20)10-17(2)15(18)13-8-9-14(23-13)24(21,22)12-6-4-3-5-7-12/h3-9,11H,10H2,1-2H3,(H,19,20). The topological polar surface area (TPSA) is 91.8 Å². The van der Waals surface area contributed by atoms with Gasteiger partial charge >= 0.3 is 5.97 Å². The highest BCUT2D eigenvalue weighted by Gasteiger charge is 2.24. The third-order valence-corrected chi connectivity index (χ3v) is 6.76. The molecule has 0 aliphatic carbocycles. The van der Waals surface area contributed by atoms with Crippen LogP contribution in [0.5, 0.6) is 0 Å². The largest absolute Gasteiger partial charge is 0.481 e. The molecule has 8 heteroatoms. The monoisotopic (exact) mass is 367 g/mol. The number of carbonyl (C=O) groups is 2. The molecule has 1 aromatic heterocycles. The number of rotatable bonds is 6. The lowest BCUT2D eigenvalue weighted by Crippen LogP contribution is -2.33. The van der Waals surface area contributed by atoms with Crippen LogP contribution in [-0.4, -0.2) is 43.9 Å². The molecule has 0 saturated carbocycles. The van der Waals surface area contributed by atoms with Crippen LogP contribution in [0.15, 0.2) is 51.6 Å². The highest BCUT2D eigenvalue weighted by Crippen LogP contribution is 2.28. The third-order valence-electron chi connectivity index (χ3n) is 3.43. The van der Waals surface area contributed by atoms with Gasteiger partial charge in [-0.3, -0.25) is 9.59 Å². The molecule has 1 unspecified atom stereocenters. The molecule has 1 amide bonds. The number of carboxylic acids is 1. The molecule has 0 aliphatic rings. The van der Waals surface area contributed by atoms with E-state index in [4.69, 9.17) is 5.11 Å². The van der Waals surface area contributed by atoms with E-state index in [1.807, 2.05) is 0 Å². The summed E-state index contributed by atoms with van der Waals surface area (Å²) in [6, 6.07) is 10.8. The zero-order valence-electron chi connectivity index (χ0n) is 13.2. The lowest BCUT2D eigenvalue weighted by molar-refractivity contribution is -0.141. The summed E-state index contributed by atoms with van der Waals surface area (Å²) in [5.74, 6) is -2.10. The average Bonchev–Trinajstić information content (AvgIpc) is 3.05. The first kappa shape index (κ1) is 18.2. The molecule has 0 saturated heterocycles. The van der Waals surface area contributed by atoms with E-state index in [1.165, 1.54) is 43.1 Å². The minimum atomic E-state index is -3.66. The van der Waals surface area contributed by atoms with Crippen molar-refractivity contribution in [2.75, 3.05) is 13.6 Å². The molecule has 2 aromatic rings. The van der Waals surface area contributed by atoms with Gasteiger partial charge in [-0.05, 0) is 24.3 Å². The second kappa shape index (κ2) is 7.14. The highest BCUT2D eigenvalue weighted by molar-refractivity contribution is 7.93. The third kappa shape index (κ3) is 3.82. The zero-order chi connectivity index (χ0) is 17.9. The smallest absolute Gasteiger partial charge is 0.308 e. The maximum atomic E-state index is 12.5.